The van der Waals surface area contributed by atoms with Gasteiger partial charge in [0.25, 0.3) is 0 Å². The lowest BCUT2D eigenvalue weighted by molar-refractivity contribution is -0.274. The summed E-state index contributed by atoms with van der Waals surface area (Å²) in [6, 6.07) is 18.8. The molecule has 0 unspecified atom stereocenters. The van der Waals surface area contributed by atoms with E-state index in [1.165, 1.54) is 35.3 Å². The van der Waals surface area contributed by atoms with Crippen LogP contribution in [0, 0.1) is 6.92 Å². The second-order valence-corrected chi connectivity index (χ2v) is 10.1. The first-order chi connectivity index (χ1) is 19.6. The molecule has 0 saturated heterocycles. The minimum absolute atomic E-state index is 0.00421. The molecular weight excluding hydrogens is 553 g/mol. The van der Waals surface area contributed by atoms with Crippen LogP contribution in [0.5, 0.6) is 5.75 Å². The number of carbonyl (C=O) groups excluding carboxylic acids is 1. The number of rotatable bonds is 7. The van der Waals surface area contributed by atoms with Crippen LogP contribution in [0.15, 0.2) is 73.1 Å². The van der Waals surface area contributed by atoms with E-state index in [0.29, 0.717) is 11.5 Å². The highest BCUT2D eigenvalue weighted by molar-refractivity contribution is 7.80. The third kappa shape index (κ3) is 7.20. The summed E-state index contributed by atoms with van der Waals surface area (Å²) in [6.45, 7) is 4.06. The van der Waals surface area contributed by atoms with Gasteiger partial charge in [-0.2, -0.15) is 0 Å². The minimum atomic E-state index is -4.75. The Hall–Kier alpha value is -4.45. The van der Waals surface area contributed by atoms with Gasteiger partial charge in [-0.3, -0.25) is 5.32 Å². The Morgan fingerprint density at radius 1 is 1.10 bits per heavy atom. The fraction of sp³-hybridized carbons (Fsp3) is 0.241. The smallest absolute Gasteiger partial charge is 0.406 e. The molecule has 12 heteroatoms. The van der Waals surface area contributed by atoms with Gasteiger partial charge >= 0.3 is 12.4 Å². The van der Waals surface area contributed by atoms with Crippen LogP contribution in [0.1, 0.15) is 36.0 Å². The maximum absolute atomic E-state index is 12.5. The van der Waals surface area contributed by atoms with Crippen molar-refractivity contribution in [3.05, 3.63) is 89.7 Å². The number of hydrogen-bond donors (Lipinski definition) is 3. The highest BCUT2D eigenvalue weighted by Crippen LogP contribution is 2.41. The number of urea groups is 1. The summed E-state index contributed by atoms with van der Waals surface area (Å²) in [7, 11) is 0. The van der Waals surface area contributed by atoms with Crippen molar-refractivity contribution in [3.63, 3.8) is 0 Å². The molecule has 4 aromatic rings. The van der Waals surface area contributed by atoms with Crippen molar-refractivity contribution < 1.29 is 22.7 Å². The molecule has 3 aromatic carbocycles. The van der Waals surface area contributed by atoms with Crippen LogP contribution >= 0.6 is 12.2 Å². The number of hydrogen-bond acceptors (Lipinski definition) is 5. The van der Waals surface area contributed by atoms with E-state index in [9.17, 15) is 18.0 Å². The Morgan fingerprint density at radius 2 is 1.83 bits per heavy atom. The van der Waals surface area contributed by atoms with E-state index in [1.54, 1.807) is 0 Å². The third-order valence-corrected chi connectivity index (χ3v) is 6.86. The van der Waals surface area contributed by atoms with Gasteiger partial charge < -0.3 is 15.4 Å². The first-order valence-corrected chi connectivity index (χ1v) is 13.3. The number of halogens is 3. The van der Waals surface area contributed by atoms with Gasteiger partial charge in [0.15, 0.2) is 10.9 Å². The summed E-state index contributed by atoms with van der Waals surface area (Å²) in [6.07, 6.45) is -1.60. The second kappa shape index (κ2) is 11.6. The summed E-state index contributed by atoms with van der Waals surface area (Å²) in [5.41, 5.74) is 5.50. The molecule has 0 bridgehead atoms. The van der Waals surface area contributed by atoms with Crippen LogP contribution < -0.4 is 20.7 Å². The van der Waals surface area contributed by atoms with Gasteiger partial charge in [0, 0.05) is 23.2 Å². The Kier molecular flexibility index (Phi) is 7.93. The van der Waals surface area contributed by atoms with Gasteiger partial charge in [-0.25, -0.2) is 14.5 Å². The molecule has 5 rings (SSSR count). The van der Waals surface area contributed by atoms with Crippen LogP contribution in [0.2, 0.25) is 0 Å². The quantitative estimate of drug-likeness (QED) is 0.224. The van der Waals surface area contributed by atoms with Crippen molar-refractivity contribution in [1.29, 1.82) is 0 Å². The molecule has 2 amide bonds. The van der Waals surface area contributed by atoms with E-state index in [-0.39, 0.29) is 28.9 Å². The Balaban J connectivity index is 1.13. The van der Waals surface area contributed by atoms with Gasteiger partial charge in [-0.05, 0) is 79.0 Å². The van der Waals surface area contributed by atoms with E-state index >= 15 is 0 Å². The topological polar surface area (TPSA) is 93.1 Å². The van der Waals surface area contributed by atoms with E-state index in [0.717, 1.165) is 40.8 Å². The van der Waals surface area contributed by atoms with Gasteiger partial charge in [0.05, 0.1) is 5.69 Å². The fourth-order valence-electron chi connectivity index (χ4n) is 4.50. The maximum Gasteiger partial charge on any atom is 0.573 e. The largest absolute Gasteiger partial charge is 0.573 e. The van der Waals surface area contributed by atoms with Crippen LogP contribution in [0.25, 0.3) is 17.1 Å². The minimum Gasteiger partial charge on any atom is -0.406 e. The molecule has 2 atom stereocenters. The standard InChI is InChI=1S/C29H27F3N6O2S/c1-3-18-5-4-17(2)14-24(18)35-28(41)36-27(39)34-25-15-23(25)19-6-8-20(9-7-19)26-33-16-38(37-26)21-10-12-22(13-11-21)40-29(30,31)32/h4-14,16,23,25H,3,15H2,1-2H3,(H3,34,35,36,39,41)/t23-,25+/m0/s1. The van der Waals surface area contributed by atoms with Crippen molar-refractivity contribution in [2.75, 3.05) is 5.32 Å². The molecule has 8 nitrogen and oxygen atoms in total. The van der Waals surface area contributed by atoms with Crippen LogP contribution in [0.3, 0.4) is 0 Å². The van der Waals surface area contributed by atoms with Gasteiger partial charge in [-0.15, -0.1) is 18.3 Å². The monoisotopic (exact) mass is 580 g/mol. The summed E-state index contributed by atoms with van der Waals surface area (Å²) >= 11 is 5.33. The summed E-state index contributed by atoms with van der Waals surface area (Å²) in [5, 5.41) is 13.4. The van der Waals surface area contributed by atoms with Crippen molar-refractivity contribution in [2.24, 2.45) is 0 Å². The van der Waals surface area contributed by atoms with Gasteiger partial charge in [0.2, 0.25) is 0 Å². The van der Waals surface area contributed by atoms with E-state index in [2.05, 4.69) is 37.7 Å². The molecule has 1 saturated carbocycles. The molecule has 0 spiro atoms. The van der Waals surface area contributed by atoms with Crippen molar-refractivity contribution in [3.8, 4) is 22.8 Å². The lowest BCUT2D eigenvalue weighted by Crippen LogP contribution is -2.42. The highest BCUT2D eigenvalue weighted by atomic mass is 32.1. The molecule has 1 aromatic heterocycles. The van der Waals surface area contributed by atoms with Crippen LogP contribution in [0.4, 0.5) is 23.7 Å². The number of nitrogens with zero attached hydrogens (tertiary/aromatic N) is 3. The van der Waals surface area contributed by atoms with Crippen LogP contribution in [-0.2, 0) is 6.42 Å². The number of anilines is 1. The Morgan fingerprint density at radius 3 is 2.51 bits per heavy atom. The van der Waals surface area contributed by atoms with E-state index in [1.807, 2.05) is 49.4 Å². The number of alkyl halides is 3. The summed E-state index contributed by atoms with van der Waals surface area (Å²) in [5.74, 6) is 0.343. The Bertz CT molecular complexity index is 1550. The number of ether oxygens (including phenoxy) is 1. The number of amides is 2. The number of benzene rings is 3. The highest BCUT2D eigenvalue weighted by Gasteiger charge is 2.39. The second-order valence-electron chi connectivity index (χ2n) is 9.69. The fourth-order valence-corrected chi connectivity index (χ4v) is 4.70. The maximum atomic E-state index is 12.5. The van der Waals surface area contributed by atoms with Crippen LogP contribution in [-0.4, -0.2) is 38.3 Å². The zero-order valence-corrected chi connectivity index (χ0v) is 23.0. The predicted molar refractivity (Wildman–Crippen MR) is 153 cm³/mol. The molecule has 0 aliphatic heterocycles. The molecule has 0 radical (unpaired) electrons. The lowest BCUT2D eigenvalue weighted by atomic mass is 10.1. The molecule has 1 heterocycles. The SMILES string of the molecule is CCc1ccc(C)cc1NC(=S)NC(=O)N[C@@H]1C[C@H]1c1ccc(-c2ncn(-c3ccc(OC(F)(F)F)cc3)n2)cc1. The van der Waals surface area contributed by atoms with Gasteiger partial charge in [0.1, 0.15) is 12.1 Å². The lowest BCUT2D eigenvalue weighted by Gasteiger charge is -2.14. The average Bonchev–Trinajstić information content (AvgIpc) is 3.49. The molecular formula is C29H27F3N6O2S. The predicted octanol–water partition coefficient (Wildman–Crippen LogP) is 6.26. The molecule has 3 N–H and O–H groups in total. The van der Waals surface area contributed by atoms with Crippen molar-refractivity contribution in [2.45, 2.75) is 45.0 Å². The van der Waals surface area contributed by atoms with Crippen molar-refractivity contribution in [1.82, 2.24) is 25.4 Å². The van der Waals surface area contributed by atoms with E-state index in [4.69, 9.17) is 12.2 Å². The number of aryl methyl sites for hydroxylation is 2. The normalized spacial score (nSPS) is 16.1. The zero-order valence-electron chi connectivity index (χ0n) is 22.2. The molecule has 1 aliphatic rings. The Labute approximate surface area is 239 Å². The number of aromatic nitrogens is 3. The summed E-state index contributed by atoms with van der Waals surface area (Å²) in [4.78, 5) is 16.8. The third-order valence-electron chi connectivity index (χ3n) is 6.65. The summed E-state index contributed by atoms with van der Waals surface area (Å²) < 4.78 is 42.5. The molecule has 1 fully saturated rings. The number of carbonyl (C=O) groups is 1. The zero-order chi connectivity index (χ0) is 29.1. The van der Waals surface area contributed by atoms with Crippen molar-refractivity contribution >= 4 is 29.0 Å². The molecule has 212 valence electrons. The van der Waals surface area contributed by atoms with E-state index < -0.39 is 6.36 Å². The number of nitrogens with one attached hydrogen (secondary N) is 3. The molecule has 41 heavy (non-hydrogen) atoms. The number of thiocarbonyl (C=S) groups is 1. The van der Waals surface area contributed by atoms with Gasteiger partial charge in [-0.1, -0.05) is 43.3 Å². The molecule has 1 aliphatic carbocycles. The first kappa shape index (κ1) is 28.1. The average molecular weight is 581 g/mol. The first-order valence-electron chi connectivity index (χ1n) is 12.9.